The second-order valence-electron chi connectivity index (χ2n) is 4.06. The minimum atomic E-state index is 0. The third-order valence-electron chi connectivity index (χ3n) is 2.96. The maximum atomic E-state index is 5.76. The summed E-state index contributed by atoms with van der Waals surface area (Å²) in [6, 6.07) is 7.95. The highest BCUT2D eigenvalue weighted by Crippen LogP contribution is 2.25. The summed E-state index contributed by atoms with van der Waals surface area (Å²) >= 11 is 0. The van der Waals surface area contributed by atoms with E-state index in [0.717, 1.165) is 30.1 Å². The lowest BCUT2D eigenvalue weighted by molar-refractivity contribution is 0.387. The Morgan fingerprint density at radius 3 is 2.94 bits per heavy atom. The molecule has 16 heavy (non-hydrogen) atoms. The van der Waals surface area contributed by atoms with Gasteiger partial charge in [-0.1, -0.05) is 12.1 Å². The monoisotopic (exact) mass is 238 g/mol. The van der Waals surface area contributed by atoms with Gasteiger partial charge < -0.3 is 9.73 Å². The molecule has 3 nitrogen and oxygen atoms in total. The molecule has 1 aliphatic rings. The molecule has 1 N–H and O–H groups in total. The topological polar surface area (TPSA) is 38.1 Å². The summed E-state index contributed by atoms with van der Waals surface area (Å²) in [5.74, 6) is 1.34. The van der Waals surface area contributed by atoms with Crippen LogP contribution in [0.15, 0.2) is 28.7 Å². The number of para-hydroxylation sites is 2. The highest BCUT2D eigenvalue weighted by molar-refractivity contribution is 5.85. The third-order valence-corrected chi connectivity index (χ3v) is 2.96. The molecule has 1 aromatic carbocycles. The van der Waals surface area contributed by atoms with Crippen LogP contribution in [0.2, 0.25) is 0 Å². The van der Waals surface area contributed by atoms with Crippen molar-refractivity contribution in [3.8, 4) is 0 Å². The Hall–Kier alpha value is -1.06. The van der Waals surface area contributed by atoms with E-state index < -0.39 is 0 Å². The molecule has 1 aromatic heterocycles. The number of hydrogen-bond donors (Lipinski definition) is 1. The SMILES string of the molecule is Cl.c1ccc2oc(C3CCCNC3)nc2c1. The quantitative estimate of drug-likeness (QED) is 0.830. The van der Waals surface area contributed by atoms with Gasteiger partial charge in [-0.3, -0.25) is 0 Å². The first kappa shape index (κ1) is 11.4. The maximum absolute atomic E-state index is 5.76. The van der Waals surface area contributed by atoms with E-state index in [1.165, 1.54) is 12.8 Å². The molecule has 0 radical (unpaired) electrons. The summed E-state index contributed by atoms with van der Waals surface area (Å²) in [5.41, 5.74) is 1.87. The van der Waals surface area contributed by atoms with Gasteiger partial charge in [0, 0.05) is 12.5 Å². The molecule has 1 fully saturated rings. The molecule has 86 valence electrons. The van der Waals surface area contributed by atoms with Crippen LogP contribution in [0.1, 0.15) is 24.7 Å². The summed E-state index contributed by atoms with van der Waals surface area (Å²) in [5, 5.41) is 3.38. The number of aromatic nitrogens is 1. The molecule has 4 heteroatoms. The summed E-state index contributed by atoms with van der Waals surface area (Å²) in [7, 11) is 0. The first-order valence-electron chi connectivity index (χ1n) is 5.50. The summed E-state index contributed by atoms with van der Waals surface area (Å²) < 4.78 is 5.76. The van der Waals surface area contributed by atoms with E-state index in [2.05, 4.69) is 10.3 Å². The predicted molar refractivity (Wildman–Crippen MR) is 66.1 cm³/mol. The van der Waals surface area contributed by atoms with Crippen molar-refractivity contribution < 1.29 is 4.42 Å². The number of fused-ring (bicyclic) bond motifs is 1. The number of nitrogens with zero attached hydrogens (tertiary/aromatic N) is 1. The number of benzene rings is 1. The zero-order valence-corrected chi connectivity index (χ0v) is 9.80. The van der Waals surface area contributed by atoms with Gasteiger partial charge in [0.15, 0.2) is 11.5 Å². The van der Waals surface area contributed by atoms with Crippen LogP contribution in [0.3, 0.4) is 0 Å². The van der Waals surface area contributed by atoms with Crippen molar-refractivity contribution in [2.45, 2.75) is 18.8 Å². The van der Waals surface area contributed by atoms with Crippen molar-refractivity contribution in [1.29, 1.82) is 0 Å². The fourth-order valence-electron chi connectivity index (χ4n) is 2.13. The van der Waals surface area contributed by atoms with Crippen molar-refractivity contribution in [1.82, 2.24) is 10.3 Å². The Morgan fingerprint density at radius 1 is 1.31 bits per heavy atom. The van der Waals surface area contributed by atoms with E-state index in [9.17, 15) is 0 Å². The Balaban J connectivity index is 0.000000963. The standard InChI is InChI=1S/C12H14N2O.ClH/c1-2-6-11-10(5-1)14-12(15-11)9-4-3-7-13-8-9;/h1-2,5-6,9,13H,3-4,7-8H2;1H. The average Bonchev–Trinajstić information content (AvgIpc) is 2.74. The zero-order chi connectivity index (χ0) is 10.1. The first-order chi connectivity index (χ1) is 7.43. The van der Waals surface area contributed by atoms with Gasteiger partial charge >= 0.3 is 0 Å². The second kappa shape index (κ2) is 4.85. The van der Waals surface area contributed by atoms with E-state index in [-0.39, 0.29) is 12.4 Å². The van der Waals surface area contributed by atoms with Crippen molar-refractivity contribution in [2.24, 2.45) is 0 Å². The van der Waals surface area contributed by atoms with Crippen LogP contribution in [0.4, 0.5) is 0 Å². The number of piperidine rings is 1. The molecule has 0 spiro atoms. The molecule has 0 aliphatic carbocycles. The number of rotatable bonds is 1. The van der Waals surface area contributed by atoms with Crippen LogP contribution in [0.25, 0.3) is 11.1 Å². The van der Waals surface area contributed by atoms with Gasteiger partial charge in [-0.15, -0.1) is 12.4 Å². The highest BCUT2D eigenvalue weighted by atomic mass is 35.5. The number of nitrogens with one attached hydrogen (secondary N) is 1. The smallest absolute Gasteiger partial charge is 0.199 e. The molecular weight excluding hydrogens is 224 g/mol. The Labute approximate surface area is 101 Å². The fraction of sp³-hybridized carbons (Fsp3) is 0.417. The van der Waals surface area contributed by atoms with E-state index in [0.29, 0.717) is 5.92 Å². The first-order valence-corrected chi connectivity index (χ1v) is 5.50. The highest BCUT2D eigenvalue weighted by Gasteiger charge is 2.20. The van der Waals surface area contributed by atoms with Gasteiger partial charge in [-0.25, -0.2) is 4.98 Å². The molecule has 1 saturated heterocycles. The molecule has 2 aromatic rings. The van der Waals surface area contributed by atoms with Crippen LogP contribution in [-0.2, 0) is 0 Å². The predicted octanol–water partition coefficient (Wildman–Crippen LogP) is 2.72. The molecular formula is C12H15ClN2O. The van der Waals surface area contributed by atoms with Crippen LogP contribution >= 0.6 is 12.4 Å². The van der Waals surface area contributed by atoms with Gasteiger partial charge in [-0.05, 0) is 31.5 Å². The number of oxazole rings is 1. The Kier molecular flexibility index (Phi) is 3.46. The van der Waals surface area contributed by atoms with Crippen molar-refractivity contribution in [3.63, 3.8) is 0 Å². The van der Waals surface area contributed by atoms with Gasteiger partial charge in [0.05, 0.1) is 0 Å². The average molecular weight is 239 g/mol. The van der Waals surface area contributed by atoms with Crippen LogP contribution in [-0.4, -0.2) is 18.1 Å². The Morgan fingerprint density at radius 2 is 2.19 bits per heavy atom. The lowest BCUT2D eigenvalue weighted by atomic mass is 10.00. The second-order valence-corrected chi connectivity index (χ2v) is 4.06. The molecule has 0 amide bonds. The number of hydrogen-bond acceptors (Lipinski definition) is 3. The molecule has 1 unspecified atom stereocenters. The molecule has 0 bridgehead atoms. The molecule has 2 heterocycles. The van der Waals surface area contributed by atoms with Gasteiger partial charge in [0.1, 0.15) is 5.52 Å². The normalized spacial score (nSPS) is 20.6. The summed E-state index contributed by atoms with van der Waals surface area (Å²) in [6.45, 7) is 2.11. The van der Waals surface area contributed by atoms with E-state index in [4.69, 9.17) is 4.42 Å². The summed E-state index contributed by atoms with van der Waals surface area (Å²) in [6.07, 6.45) is 2.39. The summed E-state index contributed by atoms with van der Waals surface area (Å²) in [4.78, 5) is 4.53. The zero-order valence-electron chi connectivity index (χ0n) is 8.98. The van der Waals surface area contributed by atoms with Crippen molar-refractivity contribution >= 4 is 23.5 Å². The molecule has 1 atom stereocenters. The van der Waals surface area contributed by atoms with Crippen molar-refractivity contribution in [2.75, 3.05) is 13.1 Å². The minimum absolute atomic E-state index is 0. The lowest BCUT2D eigenvalue weighted by Gasteiger charge is -2.19. The molecule has 3 rings (SSSR count). The number of halogens is 1. The van der Waals surface area contributed by atoms with Gasteiger partial charge in [0.25, 0.3) is 0 Å². The minimum Gasteiger partial charge on any atom is -0.440 e. The Bertz CT molecular complexity index is 430. The lowest BCUT2D eigenvalue weighted by Crippen LogP contribution is -2.28. The van der Waals surface area contributed by atoms with E-state index >= 15 is 0 Å². The van der Waals surface area contributed by atoms with Gasteiger partial charge in [-0.2, -0.15) is 0 Å². The van der Waals surface area contributed by atoms with E-state index in [1.54, 1.807) is 0 Å². The third kappa shape index (κ3) is 2.06. The van der Waals surface area contributed by atoms with Crippen molar-refractivity contribution in [3.05, 3.63) is 30.2 Å². The largest absolute Gasteiger partial charge is 0.440 e. The van der Waals surface area contributed by atoms with Crippen LogP contribution in [0.5, 0.6) is 0 Å². The molecule has 0 saturated carbocycles. The van der Waals surface area contributed by atoms with Crippen LogP contribution in [0, 0.1) is 0 Å². The van der Waals surface area contributed by atoms with Crippen LogP contribution < -0.4 is 5.32 Å². The fourth-order valence-corrected chi connectivity index (χ4v) is 2.13. The maximum Gasteiger partial charge on any atom is 0.199 e. The van der Waals surface area contributed by atoms with Gasteiger partial charge in [0.2, 0.25) is 0 Å². The molecule has 1 aliphatic heterocycles. The van der Waals surface area contributed by atoms with E-state index in [1.807, 2.05) is 24.3 Å².